The van der Waals surface area contributed by atoms with Crippen LogP contribution in [-0.2, 0) is 4.79 Å². The van der Waals surface area contributed by atoms with Crippen LogP contribution in [0, 0.1) is 15.5 Å². The number of halogens is 2. The van der Waals surface area contributed by atoms with Crippen LogP contribution in [-0.4, -0.2) is 21.5 Å². The molecule has 0 heterocycles. The summed E-state index contributed by atoms with van der Waals surface area (Å²) >= 11 is 11.7. The first-order chi connectivity index (χ1) is 9.40. The van der Waals surface area contributed by atoms with E-state index in [9.17, 15) is 20.0 Å². The summed E-state index contributed by atoms with van der Waals surface area (Å²) < 4.78 is 0. The molecule has 1 aromatic rings. The number of hydrogen-bond acceptors (Lipinski definition) is 4. The van der Waals surface area contributed by atoms with E-state index >= 15 is 0 Å². The summed E-state index contributed by atoms with van der Waals surface area (Å²) in [6.45, 7) is 6.36. The highest BCUT2D eigenvalue weighted by atomic mass is 35.5. The molecule has 0 amide bonds. The Kier molecular flexibility index (Phi) is 4.75. The summed E-state index contributed by atoms with van der Waals surface area (Å²) in [5.41, 5.74) is -2.29. The van der Waals surface area contributed by atoms with Crippen molar-refractivity contribution in [2.24, 2.45) is 5.41 Å². The van der Waals surface area contributed by atoms with E-state index in [2.05, 4.69) is 5.32 Å². The minimum Gasteiger partial charge on any atom is -0.481 e. The van der Waals surface area contributed by atoms with Crippen LogP contribution in [0.4, 0.5) is 11.4 Å². The van der Waals surface area contributed by atoms with Gasteiger partial charge in [0.15, 0.2) is 0 Å². The van der Waals surface area contributed by atoms with E-state index in [1.54, 1.807) is 13.8 Å². The smallest absolute Gasteiger partial charge is 0.311 e. The molecule has 1 aromatic carbocycles. The highest BCUT2D eigenvalue weighted by Gasteiger charge is 2.44. The van der Waals surface area contributed by atoms with Crippen molar-refractivity contribution in [3.63, 3.8) is 0 Å². The van der Waals surface area contributed by atoms with Crippen molar-refractivity contribution in [1.82, 2.24) is 0 Å². The number of carbonyl (C=O) groups is 1. The van der Waals surface area contributed by atoms with Crippen LogP contribution in [0.2, 0.25) is 10.0 Å². The Morgan fingerprint density at radius 2 is 1.71 bits per heavy atom. The van der Waals surface area contributed by atoms with E-state index in [0.717, 1.165) is 6.07 Å². The number of nitro groups is 1. The number of rotatable bonds is 5. The highest BCUT2D eigenvalue weighted by Crippen LogP contribution is 2.39. The molecule has 0 atom stereocenters. The number of anilines is 1. The van der Waals surface area contributed by atoms with E-state index in [-0.39, 0.29) is 21.4 Å². The predicted molar refractivity (Wildman–Crippen MR) is 82.2 cm³/mol. The van der Waals surface area contributed by atoms with Gasteiger partial charge in [-0.3, -0.25) is 14.9 Å². The third-order valence-electron chi connectivity index (χ3n) is 3.78. The van der Waals surface area contributed by atoms with Crippen LogP contribution in [0.1, 0.15) is 27.7 Å². The first-order valence-electron chi connectivity index (χ1n) is 6.05. The van der Waals surface area contributed by atoms with E-state index < -0.39 is 21.8 Å². The van der Waals surface area contributed by atoms with Gasteiger partial charge in [-0.05, 0) is 33.8 Å². The van der Waals surface area contributed by atoms with Gasteiger partial charge in [0.2, 0.25) is 0 Å². The lowest BCUT2D eigenvalue weighted by Gasteiger charge is -2.39. The summed E-state index contributed by atoms with van der Waals surface area (Å²) in [6, 6.07) is 2.46. The molecule has 21 heavy (non-hydrogen) atoms. The molecule has 0 aliphatic heterocycles. The molecule has 0 saturated heterocycles. The van der Waals surface area contributed by atoms with E-state index in [1.807, 2.05) is 0 Å². The zero-order valence-corrected chi connectivity index (χ0v) is 13.5. The van der Waals surface area contributed by atoms with Gasteiger partial charge in [-0.25, -0.2) is 0 Å². The molecule has 0 aromatic heterocycles. The molecule has 0 fully saturated rings. The second kappa shape index (κ2) is 5.69. The molecule has 0 aliphatic carbocycles. The third kappa shape index (κ3) is 3.39. The SMILES string of the molecule is CC(C)(Nc1cc(Cl)c(Cl)cc1[N+](=O)[O-])C(C)(C)C(=O)O. The monoisotopic (exact) mass is 334 g/mol. The van der Waals surface area contributed by atoms with Gasteiger partial charge in [0.05, 0.1) is 20.4 Å². The minimum atomic E-state index is -1.17. The second-order valence-corrected chi connectivity index (χ2v) is 6.54. The van der Waals surface area contributed by atoms with Gasteiger partial charge < -0.3 is 10.4 Å². The normalized spacial score (nSPS) is 12.1. The van der Waals surface area contributed by atoms with Crippen molar-refractivity contribution in [1.29, 1.82) is 0 Å². The Bertz CT molecular complexity index is 600. The van der Waals surface area contributed by atoms with E-state index in [0.29, 0.717) is 0 Å². The van der Waals surface area contributed by atoms with Crippen molar-refractivity contribution in [2.75, 3.05) is 5.32 Å². The number of nitro benzene ring substituents is 1. The van der Waals surface area contributed by atoms with E-state index in [1.165, 1.54) is 19.9 Å². The number of aliphatic carboxylic acids is 1. The van der Waals surface area contributed by atoms with Crippen molar-refractivity contribution >= 4 is 40.5 Å². The molecule has 0 aliphatic rings. The minimum absolute atomic E-state index is 0.0595. The first kappa shape index (κ1) is 17.5. The van der Waals surface area contributed by atoms with Gasteiger partial charge in [-0.15, -0.1) is 0 Å². The summed E-state index contributed by atoms with van der Waals surface area (Å²) in [5.74, 6) is -1.03. The first-order valence-corrected chi connectivity index (χ1v) is 6.81. The van der Waals surface area contributed by atoms with Gasteiger partial charge >= 0.3 is 5.97 Å². The molecule has 1 rings (SSSR count). The van der Waals surface area contributed by atoms with Crippen LogP contribution in [0.5, 0.6) is 0 Å². The Hall–Kier alpha value is -1.53. The van der Waals surface area contributed by atoms with Gasteiger partial charge in [0.25, 0.3) is 5.69 Å². The second-order valence-electron chi connectivity index (χ2n) is 5.72. The maximum atomic E-state index is 11.4. The molecule has 8 heteroatoms. The van der Waals surface area contributed by atoms with E-state index in [4.69, 9.17) is 23.2 Å². The van der Waals surface area contributed by atoms with Crippen molar-refractivity contribution in [3.8, 4) is 0 Å². The number of nitrogens with one attached hydrogen (secondary N) is 1. The zero-order chi connectivity index (χ0) is 16.6. The molecule has 0 saturated carbocycles. The maximum Gasteiger partial charge on any atom is 0.311 e. The fourth-order valence-corrected chi connectivity index (χ4v) is 1.87. The molecule has 0 spiro atoms. The lowest BCUT2D eigenvalue weighted by molar-refractivity contribution is -0.384. The number of carboxylic acid groups (broad SMARTS) is 1. The highest BCUT2D eigenvalue weighted by molar-refractivity contribution is 6.42. The summed E-state index contributed by atoms with van der Waals surface area (Å²) in [7, 11) is 0. The van der Waals surface area contributed by atoms with Gasteiger partial charge in [0, 0.05) is 11.6 Å². The number of benzene rings is 1. The van der Waals surface area contributed by atoms with Crippen molar-refractivity contribution in [2.45, 2.75) is 33.2 Å². The standard InChI is InChI=1S/C13H16Cl2N2O4/c1-12(2,11(18)19)13(3,4)16-9-5-7(14)8(15)6-10(9)17(20)21/h5-6,16H,1-4H3,(H,18,19). The zero-order valence-electron chi connectivity index (χ0n) is 12.0. The fraction of sp³-hybridized carbons (Fsp3) is 0.462. The van der Waals surface area contributed by atoms with Gasteiger partial charge in [-0.1, -0.05) is 23.2 Å². The largest absolute Gasteiger partial charge is 0.481 e. The number of hydrogen-bond donors (Lipinski definition) is 2. The Balaban J connectivity index is 3.33. The average molecular weight is 335 g/mol. The van der Waals surface area contributed by atoms with Crippen LogP contribution in [0.3, 0.4) is 0 Å². The fourth-order valence-electron chi connectivity index (χ4n) is 1.55. The molecule has 0 radical (unpaired) electrons. The van der Waals surface area contributed by atoms with Crippen molar-refractivity contribution in [3.05, 3.63) is 32.3 Å². The Labute approximate surface area is 132 Å². The lowest BCUT2D eigenvalue weighted by Crippen LogP contribution is -2.50. The molecular weight excluding hydrogens is 319 g/mol. The average Bonchev–Trinajstić information content (AvgIpc) is 2.32. The maximum absolute atomic E-state index is 11.4. The van der Waals surface area contributed by atoms with Crippen LogP contribution in [0.15, 0.2) is 12.1 Å². The van der Waals surface area contributed by atoms with Gasteiger partial charge in [0.1, 0.15) is 5.69 Å². The quantitative estimate of drug-likeness (QED) is 0.621. The predicted octanol–water partition coefficient (Wildman–Crippen LogP) is 4.20. The number of nitrogens with zero attached hydrogens (tertiary/aromatic N) is 1. The van der Waals surface area contributed by atoms with Gasteiger partial charge in [-0.2, -0.15) is 0 Å². The summed E-state index contributed by atoms with van der Waals surface area (Å²) in [6.07, 6.45) is 0. The molecule has 2 N–H and O–H groups in total. The topological polar surface area (TPSA) is 92.5 Å². The number of carboxylic acids is 1. The van der Waals surface area contributed by atoms with Crippen molar-refractivity contribution < 1.29 is 14.8 Å². The van der Waals surface area contributed by atoms with Crippen LogP contribution in [0.25, 0.3) is 0 Å². The third-order valence-corrected chi connectivity index (χ3v) is 4.50. The Morgan fingerprint density at radius 1 is 1.24 bits per heavy atom. The molecular formula is C13H16Cl2N2O4. The molecule has 6 nitrogen and oxygen atoms in total. The van der Waals surface area contributed by atoms with Crippen LogP contribution < -0.4 is 5.32 Å². The molecule has 0 bridgehead atoms. The molecule has 0 unspecified atom stereocenters. The Morgan fingerprint density at radius 3 is 2.14 bits per heavy atom. The van der Waals surface area contributed by atoms with Crippen LogP contribution >= 0.6 is 23.2 Å². The molecule has 116 valence electrons. The summed E-state index contributed by atoms with van der Waals surface area (Å²) in [4.78, 5) is 21.9. The summed E-state index contributed by atoms with van der Waals surface area (Å²) in [5, 5.41) is 23.5. The lowest BCUT2D eigenvalue weighted by atomic mass is 9.74.